The Kier molecular flexibility index (Phi) is 3.83. The molecule has 0 radical (unpaired) electrons. The SMILES string of the molecule is CO[C@H](C)CN1CCOCC1. The summed E-state index contributed by atoms with van der Waals surface area (Å²) in [6, 6.07) is 0. The second-order valence-corrected chi connectivity index (χ2v) is 2.96. The predicted octanol–water partition coefficient (Wildman–Crippen LogP) is 0.353. The minimum atomic E-state index is 0.341. The molecule has 11 heavy (non-hydrogen) atoms. The highest BCUT2D eigenvalue weighted by atomic mass is 16.5. The highest BCUT2D eigenvalue weighted by Gasteiger charge is 2.12. The monoisotopic (exact) mass is 159 g/mol. The third kappa shape index (κ3) is 3.18. The summed E-state index contributed by atoms with van der Waals surface area (Å²) in [6.07, 6.45) is 0.341. The van der Waals surface area contributed by atoms with E-state index in [2.05, 4.69) is 11.8 Å². The van der Waals surface area contributed by atoms with Crippen LogP contribution in [-0.2, 0) is 9.47 Å². The third-order valence-corrected chi connectivity index (χ3v) is 2.02. The molecule has 0 aromatic carbocycles. The number of rotatable bonds is 3. The van der Waals surface area contributed by atoms with Crippen molar-refractivity contribution in [2.45, 2.75) is 13.0 Å². The van der Waals surface area contributed by atoms with Crippen LogP contribution in [-0.4, -0.2) is 51.0 Å². The van der Waals surface area contributed by atoms with Crippen LogP contribution in [0.15, 0.2) is 0 Å². The molecule has 3 nitrogen and oxygen atoms in total. The Morgan fingerprint density at radius 1 is 1.45 bits per heavy atom. The predicted molar refractivity (Wildman–Crippen MR) is 43.7 cm³/mol. The Bertz CT molecular complexity index is 102. The number of ether oxygens (including phenoxy) is 2. The molecule has 1 saturated heterocycles. The van der Waals surface area contributed by atoms with Gasteiger partial charge in [0.1, 0.15) is 0 Å². The van der Waals surface area contributed by atoms with Crippen molar-refractivity contribution in [1.82, 2.24) is 4.90 Å². The summed E-state index contributed by atoms with van der Waals surface area (Å²) in [5.41, 5.74) is 0. The summed E-state index contributed by atoms with van der Waals surface area (Å²) in [5.74, 6) is 0. The lowest BCUT2D eigenvalue weighted by Gasteiger charge is -2.28. The van der Waals surface area contributed by atoms with Crippen LogP contribution in [0.4, 0.5) is 0 Å². The zero-order valence-electron chi connectivity index (χ0n) is 7.38. The quantitative estimate of drug-likeness (QED) is 0.593. The van der Waals surface area contributed by atoms with Gasteiger partial charge in [-0.25, -0.2) is 0 Å². The maximum Gasteiger partial charge on any atom is 0.0670 e. The van der Waals surface area contributed by atoms with E-state index in [9.17, 15) is 0 Å². The van der Waals surface area contributed by atoms with E-state index in [0.717, 1.165) is 32.8 Å². The maximum atomic E-state index is 5.23. The molecule has 0 amide bonds. The highest BCUT2D eigenvalue weighted by Crippen LogP contribution is 1.99. The van der Waals surface area contributed by atoms with E-state index in [4.69, 9.17) is 9.47 Å². The molecule has 1 fully saturated rings. The number of nitrogens with zero attached hydrogens (tertiary/aromatic N) is 1. The van der Waals surface area contributed by atoms with E-state index in [1.807, 2.05) is 0 Å². The van der Waals surface area contributed by atoms with E-state index >= 15 is 0 Å². The van der Waals surface area contributed by atoms with Crippen LogP contribution >= 0.6 is 0 Å². The van der Waals surface area contributed by atoms with E-state index in [-0.39, 0.29) is 0 Å². The molecule has 0 bridgehead atoms. The van der Waals surface area contributed by atoms with Gasteiger partial charge in [-0.05, 0) is 6.92 Å². The van der Waals surface area contributed by atoms with Crippen LogP contribution in [0.2, 0.25) is 0 Å². The van der Waals surface area contributed by atoms with E-state index in [0.29, 0.717) is 6.10 Å². The first-order chi connectivity index (χ1) is 5.33. The smallest absolute Gasteiger partial charge is 0.0670 e. The van der Waals surface area contributed by atoms with Crippen LogP contribution in [0.1, 0.15) is 6.92 Å². The first-order valence-electron chi connectivity index (χ1n) is 4.16. The molecule has 1 aliphatic heterocycles. The molecular formula is C8H17NO2. The average molecular weight is 159 g/mol. The van der Waals surface area contributed by atoms with Gasteiger partial charge in [0, 0.05) is 26.7 Å². The molecule has 3 heteroatoms. The van der Waals surface area contributed by atoms with Crippen LogP contribution in [0.25, 0.3) is 0 Å². The van der Waals surface area contributed by atoms with Gasteiger partial charge in [-0.3, -0.25) is 4.90 Å². The van der Waals surface area contributed by atoms with Gasteiger partial charge in [-0.15, -0.1) is 0 Å². The van der Waals surface area contributed by atoms with Crippen LogP contribution in [0.5, 0.6) is 0 Å². The maximum absolute atomic E-state index is 5.23. The van der Waals surface area contributed by atoms with Crippen molar-refractivity contribution in [2.24, 2.45) is 0 Å². The molecule has 1 aliphatic rings. The first-order valence-corrected chi connectivity index (χ1v) is 4.16. The number of hydrogen-bond donors (Lipinski definition) is 0. The van der Waals surface area contributed by atoms with Gasteiger partial charge < -0.3 is 9.47 Å². The normalized spacial score (nSPS) is 23.5. The number of morpholine rings is 1. The molecule has 66 valence electrons. The Hall–Kier alpha value is -0.120. The van der Waals surface area contributed by atoms with Gasteiger partial charge in [-0.2, -0.15) is 0 Å². The average Bonchev–Trinajstić information content (AvgIpc) is 2.06. The molecule has 0 N–H and O–H groups in total. The van der Waals surface area contributed by atoms with Crippen molar-refractivity contribution < 1.29 is 9.47 Å². The molecule has 0 saturated carbocycles. The fourth-order valence-electron chi connectivity index (χ4n) is 1.22. The molecular weight excluding hydrogens is 142 g/mol. The summed E-state index contributed by atoms with van der Waals surface area (Å²) in [4.78, 5) is 2.37. The van der Waals surface area contributed by atoms with Crippen LogP contribution in [0.3, 0.4) is 0 Å². The van der Waals surface area contributed by atoms with Gasteiger partial charge in [0.15, 0.2) is 0 Å². The lowest BCUT2D eigenvalue weighted by molar-refractivity contribution is 0.00777. The largest absolute Gasteiger partial charge is 0.380 e. The van der Waals surface area contributed by atoms with Crippen molar-refractivity contribution in [2.75, 3.05) is 40.0 Å². The first kappa shape index (κ1) is 8.97. The molecule has 0 spiro atoms. The molecule has 1 rings (SSSR count). The number of hydrogen-bond acceptors (Lipinski definition) is 3. The van der Waals surface area contributed by atoms with Crippen LogP contribution < -0.4 is 0 Å². The molecule has 1 atom stereocenters. The summed E-state index contributed by atoms with van der Waals surface area (Å²) in [7, 11) is 1.76. The van der Waals surface area contributed by atoms with Crippen molar-refractivity contribution in [3.8, 4) is 0 Å². The summed E-state index contributed by atoms with van der Waals surface area (Å²) < 4.78 is 10.4. The van der Waals surface area contributed by atoms with Gasteiger partial charge in [0.2, 0.25) is 0 Å². The third-order valence-electron chi connectivity index (χ3n) is 2.02. The van der Waals surface area contributed by atoms with Gasteiger partial charge in [0.25, 0.3) is 0 Å². The zero-order valence-corrected chi connectivity index (χ0v) is 7.38. The second kappa shape index (κ2) is 4.70. The van der Waals surface area contributed by atoms with Gasteiger partial charge in [-0.1, -0.05) is 0 Å². The van der Waals surface area contributed by atoms with Crippen molar-refractivity contribution in [3.05, 3.63) is 0 Å². The summed E-state index contributed by atoms with van der Waals surface area (Å²) in [5, 5.41) is 0. The van der Waals surface area contributed by atoms with E-state index in [1.165, 1.54) is 0 Å². The standard InChI is InChI=1S/C8H17NO2/c1-8(10-2)7-9-3-5-11-6-4-9/h8H,3-7H2,1-2H3/t8-/m1/s1. The fraction of sp³-hybridized carbons (Fsp3) is 1.00. The molecule has 0 aromatic heterocycles. The van der Waals surface area contributed by atoms with Crippen molar-refractivity contribution in [1.29, 1.82) is 0 Å². The highest BCUT2D eigenvalue weighted by molar-refractivity contribution is 4.64. The molecule has 0 aromatic rings. The second-order valence-electron chi connectivity index (χ2n) is 2.96. The van der Waals surface area contributed by atoms with Crippen molar-refractivity contribution >= 4 is 0 Å². The van der Waals surface area contributed by atoms with Gasteiger partial charge in [0.05, 0.1) is 19.3 Å². The lowest BCUT2D eigenvalue weighted by Crippen LogP contribution is -2.40. The Balaban J connectivity index is 2.13. The van der Waals surface area contributed by atoms with Crippen molar-refractivity contribution in [3.63, 3.8) is 0 Å². The summed E-state index contributed by atoms with van der Waals surface area (Å²) >= 11 is 0. The number of methoxy groups -OCH3 is 1. The Labute approximate surface area is 68.3 Å². The van der Waals surface area contributed by atoms with E-state index < -0.39 is 0 Å². The van der Waals surface area contributed by atoms with Gasteiger partial charge >= 0.3 is 0 Å². The Morgan fingerprint density at radius 2 is 2.09 bits per heavy atom. The summed E-state index contributed by atoms with van der Waals surface area (Å²) in [6.45, 7) is 6.96. The topological polar surface area (TPSA) is 21.7 Å². The van der Waals surface area contributed by atoms with Crippen LogP contribution in [0, 0.1) is 0 Å². The zero-order chi connectivity index (χ0) is 8.10. The molecule has 0 aliphatic carbocycles. The fourth-order valence-corrected chi connectivity index (χ4v) is 1.22. The molecule has 1 heterocycles. The lowest BCUT2D eigenvalue weighted by atomic mass is 10.3. The minimum Gasteiger partial charge on any atom is -0.380 e. The Morgan fingerprint density at radius 3 is 2.64 bits per heavy atom. The molecule has 0 unspecified atom stereocenters. The van der Waals surface area contributed by atoms with E-state index in [1.54, 1.807) is 7.11 Å². The minimum absolute atomic E-state index is 0.341.